The topological polar surface area (TPSA) is 0 Å². The summed E-state index contributed by atoms with van der Waals surface area (Å²) >= 11 is 0. The lowest BCUT2D eigenvalue weighted by molar-refractivity contribution is 0.157. The molecule has 0 saturated heterocycles. The molecular weight excluding hydrogens is 179 g/mol. The van der Waals surface area contributed by atoms with Gasteiger partial charge in [0.2, 0.25) is 0 Å². The molecule has 0 spiro atoms. The highest BCUT2D eigenvalue weighted by molar-refractivity contribution is 5.75. The summed E-state index contributed by atoms with van der Waals surface area (Å²) in [7, 11) is 0. The predicted molar refractivity (Wildman–Crippen MR) is 78.6 cm³/mol. The van der Waals surface area contributed by atoms with Crippen molar-refractivity contribution in [3.63, 3.8) is 0 Å². The Kier molecular flexibility index (Phi) is 11.9. The summed E-state index contributed by atoms with van der Waals surface area (Å²) < 4.78 is 0. The first-order valence-corrected chi connectivity index (χ1v) is 5.25. The first kappa shape index (κ1) is 24.3. The van der Waals surface area contributed by atoms with Crippen LogP contribution in [0.5, 0.6) is 0 Å². The fraction of sp³-hybridized carbons (Fsp3) is 1.00. The third-order valence-electron chi connectivity index (χ3n) is 2.25. The van der Waals surface area contributed by atoms with Gasteiger partial charge in [-0.05, 0) is 16.2 Å². The summed E-state index contributed by atoms with van der Waals surface area (Å²) in [5.41, 5.74) is 1.38. The minimum atomic E-state index is 0. The van der Waals surface area contributed by atoms with Gasteiger partial charge in [0.25, 0.3) is 0 Å². The molecule has 0 atom stereocenters. The Hall–Kier alpha value is 0.0649. The zero-order valence-corrected chi connectivity index (χ0v) is 12.1. The Morgan fingerprint density at radius 2 is 0.600 bits per heavy atom. The molecule has 0 aliphatic heterocycles. The Bertz CT molecular complexity index is 114. The number of hydrogen-bond acceptors (Lipinski definition) is 0. The van der Waals surface area contributed by atoms with E-state index in [1.54, 1.807) is 0 Å². The quantitative estimate of drug-likeness (QED) is 0.460. The van der Waals surface area contributed by atoms with Crippen LogP contribution in [0.2, 0.25) is 0 Å². The summed E-state index contributed by atoms with van der Waals surface area (Å²) in [5.74, 6) is 0. The van der Waals surface area contributed by atoms with Crippen molar-refractivity contribution in [3.05, 3.63) is 0 Å². The van der Waals surface area contributed by atoms with Crippen LogP contribution < -0.4 is 0 Å². The molecule has 0 aromatic heterocycles. The fourth-order valence-corrected chi connectivity index (χ4v) is 0. The molecule has 0 aliphatic rings. The van der Waals surface area contributed by atoms with E-state index >= 15 is 0 Å². The lowest BCUT2D eigenvalue weighted by atomic mass is 9.71. The van der Waals surface area contributed by atoms with Crippen LogP contribution in [0.25, 0.3) is 0 Å². The highest BCUT2D eigenvalue weighted by atomic mass is 14.3. The van der Waals surface area contributed by atoms with Crippen LogP contribution in [0.15, 0.2) is 0 Å². The second-order valence-electron chi connectivity index (χ2n) is 7.50. The van der Waals surface area contributed by atoms with Crippen LogP contribution in [0.3, 0.4) is 0 Å². The smallest absolute Gasteiger partial charge is 0 e. The van der Waals surface area contributed by atoms with Gasteiger partial charge in [-0.1, -0.05) is 76.7 Å². The lowest BCUT2D eigenvalue weighted by Gasteiger charge is -2.34. The number of rotatable bonds is 0. The van der Waals surface area contributed by atoms with Crippen LogP contribution in [-0.4, -0.2) is 8.41 Å². The largest absolute Gasteiger partial charge is 0.0776 e. The SMILES string of the molecule is C.CC(C)(C)C.CC(C)(C)C(C)(C)C.[2HH].[B]. The second-order valence-corrected chi connectivity index (χ2v) is 7.50. The summed E-state index contributed by atoms with van der Waals surface area (Å²) in [6.07, 6.45) is 0. The molecule has 95 valence electrons. The van der Waals surface area contributed by atoms with E-state index in [-0.39, 0.29) is 17.3 Å². The van der Waals surface area contributed by atoms with Gasteiger partial charge in [0.05, 0.1) is 0 Å². The molecule has 0 saturated carbocycles. The Labute approximate surface area is 103 Å². The molecule has 0 fully saturated rings. The molecule has 0 nitrogen and oxygen atoms in total. The van der Waals surface area contributed by atoms with Crippen molar-refractivity contribution in [3.8, 4) is 0 Å². The van der Waals surface area contributed by atoms with E-state index in [4.69, 9.17) is 0 Å². The second kappa shape index (κ2) is 7.36. The van der Waals surface area contributed by atoms with Crippen molar-refractivity contribution in [2.75, 3.05) is 0 Å². The van der Waals surface area contributed by atoms with E-state index < -0.39 is 0 Å². The van der Waals surface area contributed by atoms with E-state index in [0.29, 0.717) is 16.2 Å². The average Bonchev–Trinajstić information content (AvgIpc) is 1.50. The van der Waals surface area contributed by atoms with E-state index in [0.717, 1.165) is 0 Å². The normalized spacial score (nSPS) is 11.6. The van der Waals surface area contributed by atoms with Gasteiger partial charge in [-0.25, -0.2) is 0 Å². The monoisotopic (exact) mass is 216 g/mol. The van der Waals surface area contributed by atoms with Crippen LogP contribution in [0, 0.1) is 16.2 Å². The zero-order chi connectivity index (χ0) is 11.5. The maximum Gasteiger partial charge on any atom is 0 e. The Morgan fingerprint density at radius 3 is 0.600 bits per heavy atom. The van der Waals surface area contributed by atoms with Crippen LogP contribution in [0.1, 0.15) is 78.1 Å². The van der Waals surface area contributed by atoms with E-state index in [1.165, 1.54) is 0 Å². The molecule has 1 heteroatoms. The summed E-state index contributed by atoms with van der Waals surface area (Å²) in [5, 5.41) is 0. The maximum absolute atomic E-state index is 2.27. The standard InChI is InChI=1S/C8H18.C5H12.CH4.B.H2/c1-7(2,3)8(4,5)6;1-5(2,3)4;;;/h1-6H3;1-4H3;1H4;;1H/i;;;;1+1. The molecule has 0 aromatic rings. The van der Waals surface area contributed by atoms with Gasteiger partial charge in [-0.15, -0.1) is 0 Å². The van der Waals surface area contributed by atoms with Gasteiger partial charge in [0, 0.05) is 9.84 Å². The van der Waals surface area contributed by atoms with Gasteiger partial charge in [0.15, 0.2) is 0 Å². The van der Waals surface area contributed by atoms with E-state index in [2.05, 4.69) is 69.2 Å². The minimum Gasteiger partial charge on any atom is -0.0776 e. The van der Waals surface area contributed by atoms with E-state index in [1.807, 2.05) is 0 Å². The minimum absolute atomic E-state index is 0. The molecule has 0 unspecified atom stereocenters. The third kappa shape index (κ3) is 24.9. The highest BCUT2D eigenvalue weighted by Crippen LogP contribution is 2.36. The molecule has 0 amide bonds. The summed E-state index contributed by atoms with van der Waals surface area (Å²) in [6, 6.07) is 0. The third-order valence-corrected chi connectivity index (χ3v) is 2.25. The molecule has 0 N–H and O–H groups in total. The molecule has 15 heavy (non-hydrogen) atoms. The van der Waals surface area contributed by atoms with Crippen molar-refractivity contribution in [2.24, 2.45) is 16.2 Å². The molecule has 0 aromatic carbocycles. The first-order chi connectivity index (χ1) is 5.25. The number of hydrogen-bond donors (Lipinski definition) is 0. The predicted octanol–water partition coefficient (Wildman–Crippen LogP) is 5.63. The molecule has 0 bridgehead atoms. The van der Waals surface area contributed by atoms with Crippen molar-refractivity contribution in [1.82, 2.24) is 0 Å². The Morgan fingerprint density at radius 1 is 0.533 bits per heavy atom. The van der Waals surface area contributed by atoms with E-state index in [9.17, 15) is 0 Å². The van der Waals surface area contributed by atoms with Gasteiger partial charge in [-0.3, -0.25) is 0 Å². The average molecular weight is 216 g/mol. The summed E-state index contributed by atoms with van der Waals surface area (Å²) in [4.78, 5) is 0. The van der Waals surface area contributed by atoms with Crippen LogP contribution in [-0.2, 0) is 0 Å². The zero-order valence-electron chi connectivity index (χ0n) is 12.1. The molecular formula is C14H36B. The van der Waals surface area contributed by atoms with Gasteiger partial charge in [0.1, 0.15) is 0 Å². The molecule has 0 aliphatic carbocycles. The molecule has 0 rings (SSSR count). The van der Waals surface area contributed by atoms with Gasteiger partial charge < -0.3 is 0 Å². The first-order valence-electron chi connectivity index (χ1n) is 5.25. The van der Waals surface area contributed by atoms with Crippen molar-refractivity contribution >= 4 is 8.41 Å². The van der Waals surface area contributed by atoms with Gasteiger partial charge >= 0.3 is 0 Å². The van der Waals surface area contributed by atoms with Gasteiger partial charge in [-0.2, -0.15) is 0 Å². The Balaban J connectivity index is -0.0000000454. The van der Waals surface area contributed by atoms with Crippen LogP contribution in [0.4, 0.5) is 0 Å². The fourth-order valence-electron chi connectivity index (χ4n) is 0. The molecule has 0 heterocycles. The highest BCUT2D eigenvalue weighted by Gasteiger charge is 2.26. The van der Waals surface area contributed by atoms with Crippen molar-refractivity contribution in [2.45, 2.75) is 76.7 Å². The lowest BCUT2D eigenvalue weighted by Crippen LogP contribution is -2.25. The van der Waals surface area contributed by atoms with Crippen molar-refractivity contribution < 1.29 is 1.43 Å². The summed E-state index contributed by atoms with van der Waals surface area (Å²) in [6.45, 7) is 22.4. The van der Waals surface area contributed by atoms with Crippen LogP contribution >= 0.6 is 0 Å². The molecule has 3 radical (unpaired) electrons. The van der Waals surface area contributed by atoms with Crippen molar-refractivity contribution in [1.29, 1.82) is 0 Å². The maximum atomic E-state index is 2.27.